The van der Waals surface area contributed by atoms with Gasteiger partial charge in [0.15, 0.2) is 0 Å². The smallest absolute Gasteiger partial charge is 0.140 e. The second-order valence-electron chi connectivity index (χ2n) is 5.36. The van der Waals surface area contributed by atoms with E-state index in [1.807, 2.05) is 48.8 Å². The molecule has 6 heteroatoms. The standard InChI is InChI=1S/C18H18ClN3OS/c1-13(14-6-8-20-9-7-14)21-10-16-12-24-18(22-16)11-23-17-4-2-15(19)3-5-17/h2-9,12-13,21H,10-11H2,1H3/t13-/m1/s1. The zero-order valence-electron chi connectivity index (χ0n) is 13.3. The first-order chi connectivity index (χ1) is 11.7. The van der Waals surface area contributed by atoms with Gasteiger partial charge in [0.05, 0.1) is 5.69 Å². The zero-order valence-corrected chi connectivity index (χ0v) is 14.8. The molecule has 1 atom stereocenters. The van der Waals surface area contributed by atoms with Gasteiger partial charge in [0.25, 0.3) is 0 Å². The van der Waals surface area contributed by atoms with Crippen LogP contribution >= 0.6 is 22.9 Å². The summed E-state index contributed by atoms with van der Waals surface area (Å²) in [4.78, 5) is 8.64. The molecule has 0 saturated heterocycles. The van der Waals surface area contributed by atoms with Crippen LogP contribution in [0.3, 0.4) is 0 Å². The SMILES string of the molecule is C[C@@H](NCc1csc(COc2ccc(Cl)cc2)n1)c1ccncc1. The van der Waals surface area contributed by atoms with Crippen LogP contribution in [0.5, 0.6) is 5.75 Å². The van der Waals surface area contributed by atoms with E-state index in [0.29, 0.717) is 11.6 Å². The Balaban J connectivity index is 1.49. The zero-order chi connectivity index (χ0) is 16.8. The van der Waals surface area contributed by atoms with Crippen molar-refractivity contribution in [2.24, 2.45) is 0 Å². The number of ether oxygens (including phenoxy) is 1. The Bertz CT molecular complexity index is 761. The van der Waals surface area contributed by atoms with E-state index < -0.39 is 0 Å². The number of halogens is 1. The lowest BCUT2D eigenvalue weighted by molar-refractivity contribution is 0.305. The molecule has 0 fully saturated rings. The molecule has 0 aliphatic rings. The lowest BCUT2D eigenvalue weighted by Gasteiger charge is -2.12. The van der Waals surface area contributed by atoms with Crippen LogP contribution in [0, 0.1) is 0 Å². The van der Waals surface area contributed by atoms with Crippen molar-refractivity contribution >= 4 is 22.9 Å². The first-order valence-corrected chi connectivity index (χ1v) is 8.91. The fourth-order valence-electron chi connectivity index (χ4n) is 2.20. The minimum Gasteiger partial charge on any atom is -0.486 e. The summed E-state index contributed by atoms with van der Waals surface area (Å²) >= 11 is 7.47. The number of hydrogen-bond donors (Lipinski definition) is 1. The maximum atomic E-state index is 5.86. The van der Waals surface area contributed by atoms with Crippen molar-refractivity contribution < 1.29 is 4.74 Å². The predicted molar refractivity (Wildman–Crippen MR) is 97.4 cm³/mol. The third-order valence-electron chi connectivity index (χ3n) is 3.57. The van der Waals surface area contributed by atoms with E-state index >= 15 is 0 Å². The molecule has 2 heterocycles. The van der Waals surface area contributed by atoms with Crippen molar-refractivity contribution in [2.75, 3.05) is 0 Å². The van der Waals surface area contributed by atoms with Gasteiger partial charge in [-0.3, -0.25) is 4.98 Å². The highest BCUT2D eigenvalue weighted by molar-refractivity contribution is 7.09. The van der Waals surface area contributed by atoms with E-state index in [4.69, 9.17) is 16.3 Å². The van der Waals surface area contributed by atoms with Crippen molar-refractivity contribution in [1.82, 2.24) is 15.3 Å². The van der Waals surface area contributed by atoms with Gasteiger partial charge in [0.1, 0.15) is 17.4 Å². The summed E-state index contributed by atoms with van der Waals surface area (Å²) < 4.78 is 5.72. The Kier molecular flexibility index (Phi) is 5.80. The molecule has 0 bridgehead atoms. The van der Waals surface area contributed by atoms with E-state index in [1.165, 1.54) is 5.56 Å². The van der Waals surface area contributed by atoms with Crippen LogP contribution in [0.15, 0.2) is 54.2 Å². The topological polar surface area (TPSA) is 47.0 Å². The maximum Gasteiger partial charge on any atom is 0.140 e. The molecule has 24 heavy (non-hydrogen) atoms. The first kappa shape index (κ1) is 16.9. The Labute approximate surface area is 150 Å². The monoisotopic (exact) mass is 359 g/mol. The van der Waals surface area contributed by atoms with E-state index in [0.717, 1.165) is 23.0 Å². The molecule has 2 aromatic heterocycles. The van der Waals surface area contributed by atoms with Gasteiger partial charge in [-0.05, 0) is 48.9 Å². The molecule has 0 aliphatic heterocycles. The van der Waals surface area contributed by atoms with Gasteiger partial charge in [0, 0.05) is 35.4 Å². The number of nitrogens with one attached hydrogen (secondary N) is 1. The van der Waals surface area contributed by atoms with E-state index in [-0.39, 0.29) is 6.04 Å². The fraction of sp³-hybridized carbons (Fsp3) is 0.222. The molecule has 3 rings (SSSR count). The van der Waals surface area contributed by atoms with Gasteiger partial charge < -0.3 is 10.1 Å². The summed E-state index contributed by atoms with van der Waals surface area (Å²) in [5, 5.41) is 7.19. The molecular formula is C18H18ClN3OS. The molecule has 0 spiro atoms. The highest BCUT2D eigenvalue weighted by Gasteiger charge is 2.07. The van der Waals surface area contributed by atoms with Gasteiger partial charge in [-0.25, -0.2) is 4.98 Å². The third kappa shape index (κ3) is 4.77. The van der Waals surface area contributed by atoms with Crippen LogP contribution in [-0.4, -0.2) is 9.97 Å². The highest BCUT2D eigenvalue weighted by Crippen LogP contribution is 2.18. The van der Waals surface area contributed by atoms with E-state index in [9.17, 15) is 0 Å². The van der Waals surface area contributed by atoms with Crippen LogP contribution < -0.4 is 10.1 Å². The highest BCUT2D eigenvalue weighted by atomic mass is 35.5. The second kappa shape index (κ2) is 8.24. The number of nitrogens with zero attached hydrogens (tertiary/aromatic N) is 2. The number of rotatable bonds is 7. The second-order valence-corrected chi connectivity index (χ2v) is 6.74. The normalized spacial score (nSPS) is 12.1. The van der Waals surface area contributed by atoms with Crippen molar-refractivity contribution in [1.29, 1.82) is 0 Å². The summed E-state index contributed by atoms with van der Waals surface area (Å²) in [6.07, 6.45) is 3.62. The Morgan fingerprint density at radius 3 is 2.67 bits per heavy atom. The summed E-state index contributed by atoms with van der Waals surface area (Å²) in [6, 6.07) is 11.6. The molecule has 0 amide bonds. The molecular weight excluding hydrogens is 342 g/mol. The number of hydrogen-bond acceptors (Lipinski definition) is 5. The molecule has 1 N–H and O–H groups in total. The third-order valence-corrected chi connectivity index (χ3v) is 4.69. The van der Waals surface area contributed by atoms with E-state index in [1.54, 1.807) is 11.3 Å². The van der Waals surface area contributed by atoms with Gasteiger partial charge in [-0.2, -0.15) is 0 Å². The van der Waals surface area contributed by atoms with E-state index in [2.05, 4.69) is 27.6 Å². The largest absolute Gasteiger partial charge is 0.486 e. The van der Waals surface area contributed by atoms with Crippen molar-refractivity contribution in [3.8, 4) is 5.75 Å². The molecule has 0 radical (unpaired) electrons. The number of aromatic nitrogens is 2. The molecule has 3 aromatic rings. The van der Waals surface area contributed by atoms with Crippen molar-refractivity contribution in [2.45, 2.75) is 26.1 Å². The van der Waals surface area contributed by atoms with Gasteiger partial charge >= 0.3 is 0 Å². The predicted octanol–water partition coefficient (Wildman–Crippen LogP) is 4.62. The van der Waals surface area contributed by atoms with Gasteiger partial charge in [-0.15, -0.1) is 11.3 Å². The van der Waals surface area contributed by atoms with Gasteiger partial charge in [-0.1, -0.05) is 11.6 Å². The molecule has 124 valence electrons. The van der Waals surface area contributed by atoms with Crippen LogP contribution in [0.25, 0.3) is 0 Å². The fourth-order valence-corrected chi connectivity index (χ4v) is 3.03. The molecule has 1 aromatic carbocycles. The van der Waals surface area contributed by atoms with Crippen LogP contribution in [-0.2, 0) is 13.2 Å². The number of benzene rings is 1. The lowest BCUT2D eigenvalue weighted by atomic mass is 10.1. The summed E-state index contributed by atoms with van der Waals surface area (Å²) in [5.74, 6) is 0.792. The number of pyridine rings is 1. The maximum absolute atomic E-state index is 5.86. The first-order valence-electron chi connectivity index (χ1n) is 7.65. The minimum absolute atomic E-state index is 0.253. The quantitative estimate of drug-likeness (QED) is 0.668. The average Bonchev–Trinajstić information content (AvgIpc) is 3.08. The van der Waals surface area contributed by atoms with Crippen LogP contribution in [0.2, 0.25) is 5.02 Å². The molecule has 0 aliphatic carbocycles. The molecule has 4 nitrogen and oxygen atoms in total. The van der Waals surface area contributed by atoms with Crippen LogP contribution in [0.4, 0.5) is 0 Å². The van der Waals surface area contributed by atoms with Crippen molar-refractivity contribution in [3.05, 3.63) is 75.5 Å². The lowest BCUT2D eigenvalue weighted by Crippen LogP contribution is -2.18. The molecule has 0 saturated carbocycles. The van der Waals surface area contributed by atoms with Crippen molar-refractivity contribution in [3.63, 3.8) is 0 Å². The minimum atomic E-state index is 0.253. The average molecular weight is 360 g/mol. The van der Waals surface area contributed by atoms with Crippen LogP contribution in [0.1, 0.15) is 29.2 Å². The number of thiazole rings is 1. The Morgan fingerprint density at radius 1 is 1.17 bits per heavy atom. The summed E-state index contributed by atoms with van der Waals surface area (Å²) in [6.45, 7) is 3.32. The Morgan fingerprint density at radius 2 is 1.92 bits per heavy atom. The summed E-state index contributed by atoms with van der Waals surface area (Å²) in [5.41, 5.74) is 2.24. The Hall–Kier alpha value is -1.95. The molecule has 0 unspecified atom stereocenters. The summed E-state index contributed by atoms with van der Waals surface area (Å²) in [7, 11) is 0. The van der Waals surface area contributed by atoms with Gasteiger partial charge in [0.2, 0.25) is 0 Å².